The molecule has 32 heavy (non-hydrogen) atoms. The first-order valence-corrected chi connectivity index (χ1v) is 10.5. The fourth-order valence-electron chi connectivity index (χ4n) is 2.91. The summed E-state index contributed by atoms with van der Waals surface area (Å²) in [6, 6.07) is 11.9. The molecule has 4 aromatic rings. The van der Waals surface area contributed by atoms with Gasteiger partial charge >= 0.3 is 0 Å². The third kappa shape index (κ3) is 4.92. The number of aromatic nitrogens is 3. The third-order valence-corrected chi connectivity index (χ3v) is 5.34. The second-order valence-corrected chi connectivity index (χ2v) is 7.53. The van der Waals surface area contributed by atoms with Crippen molar-refractivity contribution in [2.24, 2.45) is 0 Å². The number of nitrogens with one attached hydrogen (secondary N) is 1. The summed E-state index contributed by atoms with van der Waals surface area (Å²) in [5, 5.41) is 8.86. The van der Waals surface area contributed by atoms with Crippen LogP contribution in [0.3, 0.4) is 0 Å². The predicted molar refractivity (Wildman–Crippen MR) is 117 cm³/mol. The van der Waals surface area contributed by atoms with E-state index in [1.54, 1.807) is 30.7 Å². The first-order valence-electron chi connectivity index (χ1n) is 9.62. The van der Waals surface area contributed by atoms with E-state index < -0.39 is 5.82 Å². The minimum atomic E-state index is -0.475. The number of anilines is 1. The molecule has 1 amide bonds. The van der Waals surface area contributed by atoms with Gasteiger partial charge in [-0.15, -0.1) is 11.3 Å². The summed E-state index contributed by atoms with van der Waals surface area (Å²) in [7, 11) is 3.00. The first-order chi connectivity index (χ1) is 15.6. The van der Waals surface area contributed by atoms with Gasteiger partial charge in [-0.05, 0) is 42.5 Å². The Balaban J connectivity index is 1.33. The van der Waals surface area contributed by atoms with Crippen molar-refractivity contribution in [3.8, 4) is 34.1 Å². The highest BCUT2D eigenvalue weighted by Crippen LogP contribution is 2.28. The minimum absolute atomic E-state index is 0.149. The number of aryl methyl sites for hydroxylation is 1. The molecule has 0 bridgehead atoms. The van der Waals surface area contributed by atoms with E-state index in [9.17, 15) is 9.18 Å². The molecule has 8 nitrogen and oxygen atoms in total. The van der Waals surface area contributed by atoms with Gasteiger partial charge in [-0.25, -0.2) is 9.37 Å². The van der Waals surface area contributed by atoms with Gasteiger partial charge < -0.3 is 19.3 Å². The van der Waals surface area contributed by atoms with E-state index in [0.29, 0.717) is 28.1 Å². The van der Waals surface area contributed by atoms with Crippen LogP contribution in [-0.4, -0.2) is 35.3 Å². The Labute approximate surface area is 187 Å². The molecule has 0 unspecified atom stereocenters. The molecule has 2 aromatic heterocycles. The smallest absolute Gasteiger partial charge is 0.227 e. The normalized spacial score (nSPS) is 10.7. The summed E-state index contributed by atoms with van der Waals surface area (Å²) >= 11 is 1.26. The molecule has 0 radical (unpaired) electrons. The molecule has 4 rings (SSSR count). The molecule has 0 atom stereocenters. The number of hydrogen-bond acceptors (Lipinski definition) is 8. The van der Waals surface area contributed by atoms with Gasteiger partial charge in [0.2, 0.25) is 17.6 Å². The second-order valence-electron chi connectivity index (χ2n) is 6.68. The number of ether oxygens (including phenoxy) is 2. The molecular weight excluding hydrogens is 435 g/mol. The number of hydrogen-bond donors (Lipinski definition) is 1. The summed E-state index contributed by atoms with van der Waals surface area (Å²) < 4.78 is 29.2. The van der Waals surface area contributed by atoms with Gasteiger partial charge in [0, 0.05) is 29.3 Å². The zero-order chi connectivity index (χ0) is 22.5. The Kier molecular flexibility index (Phi) is 6.41. The van der Waals surface area contributed by atoms with Gasteiger partial charge in [-0.3, -0.25) is 4.79 Å². The Bertz CT molecular complexity index is 1220. The highest BCUT2D eigenvalue weighted by atomic mass is 32.1. The van der Waals surface area contributed by atoms with Crippen LogP contribution < -0.4 is 14.8 Å². The number of benzene rings is 2. The van der Waals surface area contributed by atoms with E-state index >= 15 is 0 Å². The molecule has 0 saturated heterocycles. The highest BCUT2D eigenvalue weighted by molar-refractivity contribution is 7.14. The van der Waals surface area contributed by atoms with Crippen LogP contribution in [0, 0.1) is 5.82 Å². The lowest BCUT2D eigenvalue weighted by Crippen LogP contribution is -2.12. The first kappa shape index (κ1) is 21.4. The summed E-state index contributed by atoms with van der Waals surface area (Å²) in [5.74, 6) is 0.984. The molecule has 0 fully saturated rings. The Morgan fingerprint density at radius 1 is 1.09 bits per heavy atom. The summed E-state index contributed by atoms with van der Waals surface area (Å²) in [6.07, 6.45) is 0.438. The van der Waals surface area contributed by atoms with Crippen LogP contribution in [0.4, 0.5) is 9.52 Å². The molecule has 10 heteroatoms. The average molecular weight is 454 g/mol. The lowest BCUT2D eigenvalue weighted by molar-refractivity contribution is -0.116. The highest BCUT2D eigenvalue weighted by Gasteiger charge is 2.13. The molecule has 0 aliphatic heterocycles. The molecule has 0 spiro atoms. The average Bonchev–Trinajstić information content (AvgIpc) is 3.47. The largest absolute Gasteiger partial charge is 0.497 e. The van der Waals surface area contributed by atoms with Crippen molar-refractivity contribution >= 4 is 22.4 Å². The molecule has 0 aliphatic rings. The Hall–Kier alpha value is -3.79. The van der Waals surface area contributed by atoms with Gasteiger partial charge in [0.05, 0.1) is 19.9 Å². The second kappa shape index (κ2) is 9.56. The van der Waals surface area contributed by atoms with E-state index in [4.69, 9.17) is 14.0 Å². The van der Waals surface area contributed by atoms with Crippen LogP contribution in [-0.2, 0) is 11.2 Å². The van der Waals surface area contributed by atoms with Crippen LogP contribution in [0.25, 0.3) is 22.6 Å². The van der Waals surface area contributed by atoms with Crippen LogP contribution in [0.15, 0.2) is 52.4 Å². The van der Waals surface area contributed by atoms with E-state index in [-0.39, 0.29) is 24.5 Å². The molecule has 2 aromatic carbocycles. The van der Waals surface area contributed by atoms with Crippen LogP contribution in [0.2, 0.25) is 0 Å². The maximum atomic E-state index is 13.9. The summed E-state index contributed by atoms with van der Waals surface area (Å²) in [5.41, 5.74) is 1.94. The monoisotopic (exact) mass is 454 g/mol. The van der Waals surface area contributed by atoms with Crippen molar-refractivity contribution in [1.82, 2.24) is 15.1 Å². The van der Waals surface area contributed by atoms with Crippen LogP contribution in [0.5, 0.6) is 11.5 Å². The lowest BCUT2D eigenvalue weighted by atomic mass is 10.1. The van der Waals surface area contributed by atoms with Crippen molar-refractivity contribution in [3.05, 3.63) is 59.6 Å². The fraction of sp³-hybridized carbons (Fsp3) is 0.182. The number of methoxy groups -OCH3 is 2. The van der Waals surface area contributed by atoms with E-state index in [2.05, 4.69) is 20.4 Å². The van der Waals surface area contributed by atoms with Gasteiger partial charge in [0.1, 0.15) is 5.75 Å². The van der Waals surface area contributed by atoms with Gasteiger partial charge in [-0.1, -0.05) is 5.16 Å². The quantitative estimate of drug-likeness (QED) is 0.416. The van der Waals surface area contributed by atoms with Gasteiger partial charge in [0.15, 0.2) is 16.7 Å². The summed E-state index contributed by atoms with van der Waals surface area (Å²) in [4.78, 5) is 21.0. The standard InChI is InChI=1S/C22H19FN4O4S/c1-29-15-6-3-13(4-7-15)21-26-20(31-27-21)10-9-19(28)25-22-24-17(12-32-22)14-5-8-18(30-2)16(23)11-14/h3-8,11-12H,9-10H2,1-2H3,(H,24,25,28). The van der Waals surface area contributed by atoms with Crippen molar-refractivity contribution in [2.45, 2.75) is 12.8 Å². The number of thiazole rings is 1. The van der Waals surface area contributed by atoms with Crippen LogP contribution >= 0.6 is 11.3 Å². The number of carbonyl (C=O) groups is 1. The van der Waals surface area contributed by atoms with E-state index in [1.165, 1.54) is 30.6 Å². The Morgan fingerprint density at radius 3 is 2.59 bits per heavy atom. The van der Waals surface area contributed by atoms with Crippen molar-refractivity contribution in [2.75, 3.05) is 19.5 Å². The number of amides is 1. The SMILES string of the molecule is COc1ccc(-c2noc(CCC(=O)Nc3nc(-c4ccc(OC)c(F)c4)cs3)n2)cc1. The zero-order valence-corrected chi connectivity index (χ0v) is 18.1. The third-order valence-electron chi connectivity index (χ3n) is 4.58. The predicted octanol–water partition coefficient (Wildman–Crippen LogP) is 4.59. The van der Waals surface area contributed by atoms with E-state index in [0.717, 1.165) is 11.3 Å². The molecule has 2 heterocycles. The van der Waals surface area contributed by atoms with Crippen molar-refractivity contribution in [3.63, 3.8) is 0 Å². The molecule has 164 valence electrons. The maximum Gasteiger partial charge on any atom is 0.227 e. The number of nitrogens with zero attached hydrogens (tertiary/aromatic N) is 3. The summed E-state index contributed by atoms with van der Waals surface area (Å²) in [6.45, 7) is 0. The molecule has 1 N–H and O–H groups in total. The van der Waals surface area contributed by atoms with Crippen molar-refractivity contribution < 1.29 is 23.2 Å². The topological polar surface area (TPSA) is 99.4 Å². The number of rotatable bonds is 8. The van der Waals surface area contributed by atoms with Gasteiger partial charge in [-0.2, -0.15) is 4.98 Å². The van der Waals surface area contributed by atoms with E-state index in [1.807, 2.05) is 12.1 Å². The van der Waals surface area contributed by atoms with Gasteiger partial charge in [0.25, 0.3) is 0 Å². The minimum Gasteiger partial charge on any atom is -0.497 e. The molecular formula is C22H19FN4O4S. The number of carbonyl (C=O) groups excluding carboxylic acids is 1. The fourth-order valence-corrected chi connectivity index (χ4v) is 3.64. The molecule has 0 saturated carbocycles. The lowest BCUT2D eigenvalue weighted by Gasteiger charge is -2.03. The van der Waals surface area contributed by atoms with Crippen molar-refractivity contribution in [1.29, 1.82) is 0 Å². The molecule has 0 aliphatic carbocycles. The Morgan fingerprint density at radius 2 is 1.88 bits per heavy atom. The number of halogens is 1. The van der Waals surface area contributed by atoms with Crippen LogP contribution in [0.1, 0.15) is 12.3 Å². The zero-order valence-electron chi connectivity index (χ0n) is 17.3. The maximum absolute atomic E-state index is 13.9.